The molecule has 1 N–H and O–H groups in total. The van der Waals surface area contributed by atoms with E-state index < -0.39 is 11.6 Å². The number of carbonyl (C=O) groups is 2. The molecule has 1 heterocycles. The van der Waals surface area contributed by atoms with E-state index in [-0.39, 0.29) is 25.1 Å². The van der Waals surface area contributed by atoms with Crippen LogP contribution in [0.3, 0.4) is 0 Å². The number of rotatable bonds is 6. The van der Waals surface area contributed by atoms with Gasteiger partial charge in [-0.2, -0.15) is 0 Å². The number of hydrogen-bond acceptors (Lipinski definition) is 4. The first-order chi connectivity index (χ1) is 12.4. The Labute approximate surface area is 158 Å². The standard InChI is InChI=1S/C19H25ClN2O4/c1-21-18(25)22(17(24)19(21)9-3-2-4-10-19)11-16(23)13-26-12-14-5-7-15(20)8-6-14/h5-8,16,23H,2-4,9-13H2,1H3/t16-/m1/s1. The Morgan fingerprint density at radius 2 is 1.85 bits per heavy atom. The lowest BCUT2D eigenvalue weighted by Gasteiger charge is -2.35. The van der Waals surface area contributed by atoms with Gasteiger partial charge in [0.15, 0.2) is 0 Å². The fraction of sp³-hybridized carbons (Fsp3) is 0.579. The molecular weight excluding hydrogens is 356 g/mol. The van der Waals surface area contributed by atoms with Crippen molar-refractivity contribution in [2.24, 2.45) is 0 Å². The van der Waals surface area contributed by atoms with Crippen LogP contribution in [0.2, 0.25) is 5.02 Å². The largest absolute Gasteiger partial charge is 0.389 e. The lowest BCUT2D eigenvalue weighted by Crippen LogP contribution is -2.49. The lowest BCUT2D eigenvalue weighted by molar-refractivity contribution is -0.135. The van der Waals surface area contributed by atoms with Gasteiger partial charge < -0.3 is 14.7 Å². The van der Waals surface area contributed by atoms with Crippen molar-refractivity contribution in [3.63, 3.8) is 0 Å². The first-order valence-corrected chi connectivity index (χ1v) is 9.42. The molecule has 0 radical (unpaired) electrons. The molecule has 2 aliphatic rings. The van der Waals surface area contributed by atoms with Crippen LogP contribution in [0.25, 0.3) is 0 Å². The van der Waals surface area contributed by atoms with Gasteiger partial charge in [-0.15, -0.1) is 0 Å². The summed E-state index contributed by atoms with van der Waals surface area (Å²) in [7, 11) is 1.69. The van der Waals surface area contributed by atoms with Gasteiger partial charge in [0.1, 0.15) is 5.54 Å². The number of imide groups is 1. The second-order valence-corrected chi connectivity index (χ2v) is 7.58. The quantitative estimate of drug-likeness (QED) is 0.770. The fourth-order valence-electron chi connectivity index (χ4n) is 3.85. The van der Waals surface area contributed by atoms with Gasteiger partial charge in [0.25, 0.3) is 5.91 Å². The Hall–Kier alpha value is -1.63. The number of aliphatic hydroxyl groups excluding tert-OH is 1. The van der Waals surface area contributed by atoms with Gasteiger partial charge >= 0.3 is 6.03 Å². The summed E-state index contributed by atoms with van der Waals surface area (Å²) in [6.45, 7) is 0.348. The fourth-order valence-corrected chi connectivity index (χ4v) is 3.98. The number of likely N-dealkylation sites (N-methyl/N-ethyl adjacent to an activating group) is 1. The number of halogens is 1. The minimum atomic E-state index is -0.914. The molecule has 7 heteroatoms. The number of benzene rings is 1. The van der Waals surface area contributed by atoms with Gasteiger partial charge in [-0.1, -0.05) is 43.0 Å². The summed E-state index contributed by atoms with van der Waals surface area (Å²) in [4.78, 5) is 28.1. The number of hydrogen-bond donors (Lipinski definition) is 1. The van der Waals surface area contributed by atoms with E-state index in [4.69, 9.17) is 16.3 Å². The molecule has 1 aromatic rings. The van der Waals surface area contributed by atoms with E-state index in [1.54, 1.807) is 24.1 Å². The predicted molar refractivity (Wildman–Crippen MR) is 97.8 cm³/mol. The van der Waals surface area contributed by atoms with Crippen LogP contribution >= 0.6 is 11.6 Å². The van der Waals surface area contributed by atoms with E-state index >= 15 is 0 Å². The molecule has 142 valence electrons. The SMILES string of the molecule is CN1C(=O)N(C[C@@H](O)COCc2ccc(Cl)cc2)C(=O)C12CCCCC2. The first-order valence-electron chi connectivity index (χ1n) is 9.04. The molecule has 1 aromatic carbocycles. The summed E-state index contributed by atoms with van der Waals surface area (Å²) in [6.07, 6.45) is 3.48. The highest BCUT2D eigenvalue weighted by Crippen LogP contribution is 2.39. The van der Waals surface area contributed by atoms with Crippen molar-refractivity contribution in [3.8, 4) is 0 Å². The number of urea groups is 1. The molecule has 1 spiro atoms. The summed E-state index contributed by atoms with van der Waals surface area (Å²) in [6, 6.07) is 6.93. The number of ether oxygens (including phenoxy) is 1. The Bertz CT molecular complexity index is 658. The highest BCUT2D eigenvalue weighted by molar-refractivity contribution is 6.30. The molecule has 1 atom stereocenters. The lowest BCUT2D eigenvalue weighted by atomic mass is 9.81. The molecule has 1 saturated carbocycles. The zero-order chi connectivity index (χ0) is 18.7. The average molecular weight is 381 g/mol. The van der Waals surface area contributed by atoms with Crippen molar-refractivity contribution in [1.82, 2.24) is 9.80 Å². The Kier molecular flexibility index (Phi) is 5.85. The predicted octanol–water partition coefficient (Wildman–Crippen LogP) is 2.81. The Morgan fingerprint density at radius 3 is 2.50 bits per heavy atom. The smallest absolute Gasteiger partial charge is 0.327 e. The summed E-state index contributed by atoms with van der Waals surface area (Å²) < 4.78 is 5.51. The van der Waals surface area contributed by atoms with Gasteiger partial charge in [-0.05, 0) is 30.5 Å². The number of nitrogens with zero attached hydrogens (tertiary/aromatic N) is 2. The maximum absolute atomic E-state index is 12.9. The number of carbonyl (C=O) groups excluding carboxylic acids is 2. The van der Waals surface area contributed by atoms with Gasteiger partial charge in [0, 0.05) is 12.1 Å². The molecule has 2 fully saturated rings. The van der Waals surface area contributed by atoms with Crippen LogP contribution in [-0.2, 0) is 16.1 Å². The second kappa shape index (κ2) is 7.94. The molecule has 1 aliphatic carbocycles. The third kappa shape index (κ3) is 3.72. The molecule has 1 saturated heterocycles. The van der Waals surface area contributed by atoms with Crippen LogP contribution in [0, 0.1) is 0 Å². The van der Waals surface area contributed by atoms with Crippen molar-refractivity contribution < 1.29 is 19.4 Å². The molecule has 3 amide bonds. The van der Waals surface area contributed by atoms with Crippen molar-refractivity contribution in [1.29, 1.82) is 0 Å². The normalized spacial score (nSPS) is 20.9. The van der Waals surface area contributed by atoms with E-state index in [0.717, 1.165) is 24.8 Å². The Morgan fingerprint density at radius 1 is 1.19 bits per heavy atom. The van der Waals surface area contributed by atoms with Crippen molar-refractivity contribution in [2.75, 3.05) is 20.2 Å². The minimum absolute atomic E-state index is 0.0373. The summed E-state index contributed by atoms with van der Waals surface area (Å²) in [5.41, 5.74) is 0.231. The zero-order valence-electron chi connectivity index (χ0n) is 15.0. The van der Waals surface area contributed by atoms with Gasteiger partial charge in [-0.25, -0.2) is 4.79 Å². The van der Waals surface area contributed by atoms with Gasteiger partial charge in [-0.3, -0.25) is 9.69 Å². The monoisotopic (exact) mass is 380 g/mol. The third-order valence-electron chi connectivity index (χ3n) is 5.37. The van der Waals surface area contributed by atoms with E-state index in [1.165, 1.54) is 4.90 Å². The molecule has 6 nitrogen and oxygen atoms in total. The van der Waals surface area contributed by atoms with E-state index in [2.05, 4.69) is 0 Å². The number of amides is 3. The number of β-amino-alcohol motifs (C(OH)–C–C–N with tert-alkyl or cyclic N) is 1. The molecule has 1 aliphatic heterocycles. The van der Waals surface area contributed by atoms with Gasteiger partial charge in [0.2, 0.25) is 0 Å². The first kappa shape index (κ1) is 19.1. The van der Waals surface area contributed by atoms with Crippen LogP contribution in [0.15, 0.2) is 24.3 Å². The second-order valence-electron chi connectivity index (χ2n) is 7.15. The van der Waals surface area contributed by atoms with E-state index in [9.17, 15) is 14.7 Å². The Balaban J connectivity index is 1.53. The topological polar surface area (TPSA) is 70.1 Å². The van der Waals surface area contributed by atoms with E-state index in [0.29, 0.717) is 24.5 Å². The summed E-state index contributed by atoms with van der Waals surface area (Å²) in [5.74, 6) is -0.179. The van der Waals surface area contributed by atoms with Crippen LogP contribution in [0.1, 0.15) is 37.7 Å². The van der Waals surface area contributed by atoms with Gasteiger partial charge in [0.05, 0.1) is 25.9 Å². The van der Waals surface area contributed by atoms with Crippen molar-refractivity contribution in [3.05, 3.63) is 34.9 Å². The molecule has 0 unspecified atom stereocenters. The van der Waals surface area contributed by atoms with Crippen molar-refractivity contribution in [2.45, 2.75) is 50.4 Å². The number of aliphatic hydroxyl groups is 1. The maximum Gasteiger partial charge on any atom is 0.327 e. The van der Waals surface area contributed by atoms with Crippen LogP contribution in [-0.4, -0.2) is 58.7 Å². The third-order valence-corrected chi connectivity index (χ3v) is 5.62. The van der Waals surface area contributed by atoms with Crippen LogP contribution in [0.4, 0.5) is 4.79 Å². The molecular formula is C19H25ClN2O4. The van der Waals surface area contributed by atoms with E-state index in [1.807, 2.05) is 12.1 Å². The molecule has 26 heavy (non-hydrogen) atoms. The summed E-state index contributed by atoms with van der Waals surface area (Å²) >= 11 is 5.84. The van der Waals surface area contributed by atoms with Crippen LogP contribution in [0.5, 0.6) is 0 Å². The van der Waals surface area contributed by atoms with Crippen LogP contribution < -0.4 is 0 Å². The molecule has 0 bridgehead atoms. The minimum Gasteiger partial charge on any atom is -0.389 e. The summed E-state index contributed by atoms with van der Waals surface area (Å²) in [5, 5.41) is 10.9. The highest BCUT2D eigenvalue weighted by atomic mass is 35.5. The highest BCUT2D eigenvalue weighted by Gasteiger charge is 2.55. The average Bonchev–Trinajstić information content (AvgIpc) is 2.80. The maximum atomic E-state index is 12.9. The molecule has 0 aromatic heterocycles. The van der Waals surface area contributed by atoms with Crippen molar-refractivity contribution >= 4 is 23.5 Å². The zero-order valence-corrected chi connectivity index (χ0v) is 15.7. The molecule has 3 rings (SSSR count).